The number of aliphatic imine (C=N–C) groups is 1. The van der Waals surface area contributed by atoms with Crippen LogP contribution in [0.2, 0.25) is 5.02 Å². The van der Waals surface area contributed by atoms with Crippen molar-refractivity contribution < 1.29 is 9.18 Å². The standard InChI is InChI=1S/C22H21ClFN3O/c1-27-19(28)22(26-20(27)25)12-21(5-2-6-21)11-14-4-3-13(9-18(14)22)15-7-16(23)10-17(24)8-15/h3-4,7-10H,2,5-6,11-12H2,1H3,(H2,25,26). The van der Waals surface area contributed by atoms with E-state index in [-0.39, 0.29) is 23.1 Å². The number of amides is 1. The Morgan fingerprint density at radius 1 is 1.18 bits per heavy atom. The van der Waals surface area contributed by atoms with Gasteiger partial charge in [-0.1, -0.05) is 30.2 Å². The molecule has 5 rings (SSSR count). The van der Waals surface area contributed by atoms with E-state index in [0.29, 0.717) is 17.0 Å². The summed E-state index contributed by atoms with van der Waals surface area (Å²) in [7, 11) is 1.67. The molecule has 0 bridgehead atoms. The summed E-state index contributed by atoms with van der Waals surface area (Å²) in [6.45, 7) is 0. The summed E-state index contributed by atoms with van der Waals surface area (Å²) < 4.78 is 13.9. The second kappa shape index (κ2) is 5.80. The van der Waals surface area contributed by atoms with Crippen LogP contribution in [0.4, 0.5) is 4.39 Å². The van der Waals surface area contributed by atoms with Crippen LogP contribution in [-0.2, 0) is 16.8 Å². The lowest BCUT2D eigenvalue weighted by Gasteiger charge is -2.50. The van der Waals surface area contributed by atoms with Crippen LogP contribution in [0, 0.1) is 11.2 Å². The number of likely N-dealkylation sites (N-methyl/N-ethyl adjacent to an activating group) is 1. The molecule has 144 valence electrons. The van der Waals surface area contributed by atoms with E-state index in [1.807, 2.05) is 12.1 Å². The van der Waals surface area contributed by atoms with E-state index in [0.717, 1.165) is 36.0 Å². The van der Waals surface area contributed by atoms with E-state index >= 15 is 0 Å². The lowest BCUT2D eigenvalue weighted by Crippen LogP contribution is -2.49. The first-order valence-corrected chi connectivity index (χ1v) is 9.93. The highest BCUT2D eigenvalue weighted by Gasteiger charge is 2.57. The Bertz CT molecular complexity index is 1030. The van der Waals surface area contributed by atoms with Crippen LogP contribution in [0.25, 0.3) is 11.1 Å². The van der Waals surface area contributed by atoms with Gasteiger partial charge in [-0.15, -0.1) is 0 Å². The van der Waals surface area contributed by atoms with Crippen LogP contribution in [0.3, 0.4) is 0 Å². The molecule has 0 aromatic heterocycles. The third kappa shape index (κ3) is 2.42. The van der Waals surface area contributed by atoms with Gasteiger partial charge >= 0.3 is 0 Å². The predicted molar refractivity (Wildman–Crippen MR) is 108 cm³/mol. The monoisotopic (exact) mass is 397 g/mol. The molecule has 0 radical (unpaired) electrons. The molecule has 2 aromatic rings. The molecule has 1 atom stereocenters. The zero-order valence-corrected chi connectivity index (χ0v) is 16.4. The number of carbonyl (C=O) groups is 1. The van der Waals surface area contributed by atoms with Gasteiger partial charge in [-0.3, -0.25) is 9.69 Å². The number of fused-ring (bicyclic) bond motifs is 2. The minimum atomic E-state index is -0.972. The predicted octanol–water partition coefficient (Wildman–Crippen LogP) is 4.24. The van der Waals surface area contributed by atoms with Crippen LogP contribution in [0.5, 0.6) is 0 Å². The smallest absolute Gasteiger partial charge is 0.261 e. The summed E-state index contributed by atoms with van der Waals surface area (Å²) in [6.07, 6.45) is 5.04. The Labute approximate surface area is 168 Å². The number of guanidine groups is 1. The molecule has 3 aliphatic rings. The Morgan fingerprint density at radius 2 is 1.96 bits per heavy atom. The Balaban J connectivity index is 1.70. The van der Waals surface area contributed by atoms with Crippen molar-refractivity contribution in [2.24, 2.45) is 16.1 Å². The van der Waals surface area contributed by atoms with Crippen molar-refractivity contribution in [1.82, 2.24) is 4.90 Å². The summed E-state index contributed by atoms with van der Waals surface area (Å²) in [5, 5.41) is 0.342. The fourth-order valence-corrected chi connectivity index (χ4v) is 5.36. The fraction of sp³-hybridized carbons (Fsp3) is 0.364. The van der Waals surface area contributed by atoms with Gasteiger partial charge in [-0.2, -0.15) is 0 Å². The zero-order chi connectivity index (χ0) is 19.7. The van der Waals surface area contributed by atoms with Crippen molar-refractivity contribution in [2.75, 3.05) is 7.05 Å². The number of carbonyl (C=O) groups excluding carboxylic acids is 1. The van der Waals surface area contributed by atoms with Crippen LogP contribution < -0.4 is 5.73 Å². The Kier molecular flexibility index (Phi) is 3.66. The van der Waals surface area contributed by atoms with E-state index in [1.54, 1.807) is 13.1 Å². The summed E-state index contributed by atoms with van der Waals surface area (Å²) in [4.78, 5) is 19.4. The molecular formula is C22H21ClFN3O. The number of halogens is 2. The van der Waals surface area contributed by atoms with Crippen molar-refractivity contribution in [3.8, 4) is 11.1 Å². The SMILES string of the molecule is CN1C(=O)C2(CC3(CCC3)Cc3ccc(-c4cc(F)cc(Cl)c4)cc32)N=C1N. The van der Waals surface area contributed by atoms with E-state index in [2.05, 4.69) is 6.07 Å². The minimum Gasteiger partial charge on any atom is -0.369 e. The van der Waals surface area contributed by atoms with Gasteiger partial charge in [0.05, 0.1) is 0 Å². The fourth-order valence-electron chi connectivity index (χ4n) is 5.14. The van der Waals surface area contributed by atoms with Crippen LogP contribution >= 0.6 is 11.6 Å². The molecule has 1 saturated carbocycles. The molecule has 2 spiro atoms. The van der Waals surface area contributed by atoms with Gasteiger partial charge in [-0.25, -0.2) is 9.38 Å². The molecule has 1 aliphatic heterocycles. The molecule has 6 heteroatoms. The first-order valence-electron chi connectivity index (χ1n) is 9.55. The van der Waals surface area contributed by atoms with Gasteiger partial charge in [0.25, 0.3) is 5.91 Å². The Morgan fingerprint density at radius 3 is 2.57 bits per heavy atom. The van der Waals surface area contributed by atoms with Crippen molar-refractivity contribution >= 4 is 23.5 Å². The van der Waals surface area contributed by atoms with Crippen LogP contribution in [-0.4, -0.2) is 23.8 Å². The largest absolute Gasteiger partial charge is 0.369 e. The van der Waals surface area contributed by atoms with Crippen molar-refractivity contribution in [2.45, 2.75) is 37.6 Å². The summed E-state index contributed by atoms with van der Waals surface area (Å²) in [5.41, 5.74) is 8.74. The molecule has 1 fully saturated rings. The van der Waals surface area contributed by atoms with Crippen molar-refractivity contribution in [1.29, 1.82) is 0 Å². The Hall–Kier alpha value is -2.40. The maximum absolute atomic E-state index is 13.9. The molecule has 0 saturated heterocycles. The normalized spacial score (nSPS) is 25.0. The van der Waals surface area contributed by atoms with E-state index < -0.39 is 5.54 Å². The van der Waals surface area contributed by atoms with Gasteiger partial charge in [-0.05, 0) is 77.6 Å². The molecular weight excluding hydrogens is 377 g/mol. The summed E-state index contributed by atoms with van der Waals surface area (Å²) in [5.74, 6) is -0.208. The van der Waals surface area contributed by atoms with Crippen molar-refractivity contribution in [3.63, 3.8) is 0 Å². The topological polar surface area (TPSA) is 58.7 Å². The number of nitrogens with zero attached hydrogens (tertiary/aromatic N) is 2. The van der Waals surface area contributed by atoms with Gasteiger partial charge < -0.3 is 5.73 Å². The molecule has 4 nitrogen and oxygen atoms in total. The first kappa shape index (κ1) is 17.7. The highest BCUT2D eigenvalue weighted by molar-refractivity contribution is 6.30. The average molecular weight is 398 g/mol. The molecule has 2 N–H and O–H groups in total. The minimum absolute atomic E-state index is 0.0772. The summed E-state index contributed by atoms with van der Waals surface area (Å²) >= 11 is 6.05. The lowest BCUT2D eigenvalue weighted by atomic mass is 9.55. The first-order chi connectivity index (χ1) is 13.3. The number of hydrogen-bond donors (Lipinski definition) is 1. The molecule has 28 heavy (non-hydrogen) atoms. The molecule has 1 heterocycles. The third-order valence-corrected chi connectivity index (χ3v) is 6.89. The maximum atomic E-state index is 13.9. The van der Waals surface area contributed by atoms with E-state index in [4.69, 9.17) is 22.3 Å². The van der Waals surface area contributed by atoms with Crippen LogP contribution in [0.15, 0.2) is 41.4 Å². The zero-order valence-electron chi connectivity index (χ0n) is 15.6. The molecule has 2 aromatic carbocycles. The van der Waals surface area contributed by atoms with Gasteiger partial charge in [0, 0.05) is 12.1 Å². The third-order valence-electron chi connectivity index (χ3n) is 6.67. The lowest BCUT2D eigenvalue weighted by molar-refractivity contribution is -0.133. The van der Waals surface area contributed by atoms with Gasteiger partial charge in [0.2, 0.25) is 0 Å². The van der Waals surface area contributed by atoms with E-state index in [9.17, 15) is 9.18 Å². The second-order valence-electron chi connectivity index (χ2n) is 8.43. The van der Waals surface area contributed by atoms with Crippen LogP contribution in [0.1, 0.15) is 36.8 Å². The van der Waals surface area contributed by atoms with Gasteiger partial charge in [0.15, 0.2) is 11.5 Å². The average Bonchev–Trinajstić information content (AvgIpc) is 2.83. The van der Waals surface area contributed by atoms with E-state index in [1.165, 1.54) is 23.5 Å². The number of rotatable bonds is 1. The highest BCUT2D eigenvalue weighted by Crippen LogP contribution is 2.58. The number of benzene rings is 2. The van der Waals surface area contributed by atoms with Crippen molar-refractivity contribution in [3.05, 3.63) is 58.4 Å². The van der Waals surface area contributed by atoms with Gasteiger partial charge in [0.1, 0.15) is 5.82 Å². The quantitative estimate of drug-likeness (QED) is 0.782. The molecule has 2 aliphatic carbocycles. The second-order valence-corrected chi connectivity index (χ2v) is 8.87. The number of nitrogens with two attached hydrogens (primary N) is 1. The number of hydrogen-bond acceptors (Lipinski definition) is 3. The maximum Gasteiger partial charge on any atom is 0.261 e. The molecule has 1 unspecified atom stereocenters. The summed E-state index contributed by atoms with van der Waals surface area (Å²) in [6, 6.07) is 10.5. The highest BCUT2D eigenvalue weighted by atomic mass is 35.5. The molecule has 1 amide bonds.